The summed E-state index contributed by atoms with van der Waals surface area (Å²) >= 11 is 0. The maximum absolute atomic E-state index is 12.1. The van der Waals surface area contributed by atoms with Gasteiger partial charge in [-0.05, 0) is 26.0 Å². The number of pyridine rings is 1. The molecular weight excluding hydrogens is 242 g/mol. The van der Waals surface area contributed by atoms with Gasteiger partial charge in [0.1, 0.15) is 5.82 Å². The van der Waals surface area contributed by atoms with Gasteiger partial charge in [-0.25, -0.2) is 4.98 Å². The first-order chi connectivity index (χ1) is 9.22. The van der Waals surface area contributed by atoms with Crippen LogP contribution in [0.3, 0.4) is 0 Å². The fourth-order valence-corrected chi connectivity index (χ4v) is 1.65. The molecule has 0 radical (unpaired) electrons. The van der Waals surface area contributed by atoms with E-state index in [-0.39, 0.29) is 5.91 Å². The summed E-state index contributed by atoms with van der Waals surface area (Å²) in [6, 6.07) is 3.41. The molecule has 0 aromatic carbocycles. The second-order valence-corrected chi connectivity index (χ2v) is 4.00. The number of amides is 1. The summed E-state index contributed by atoms with van der Waals surface area (Å²) in [7, 11) is 0. The molecule has 2 aromatic heterocycles. The third-order valence-electron chi connectivity index (χ3n) is 2.60. The Morgan fingerprint density at radius 1 is 1.42 bits per heavy atom. The minimum Gasteiger partial charge on any atom is -0.370 e. The average Bonchev–Trinajstić information content (AvgIpc) is 2.87. The molecule has 6 nitrogen and oxygen atoms in total. The van der Waals surface area contributed by atoms with Crippen molar-refractivity contribution >= 4 is 17.4 Å². The topological polar surface area (TPSA) is 71.8 Å². The predicted octanol–water partition coefficient (Wildman–Crippen LogP) is 1.98. The number of hydrogen-bond donors (Lipinski definition) is 2. The minimum atomic E-state index is -0.169. The Labute approximate surface area is 111 Å². The number of nitrogens with one attached hydrogen (secondary N) is 2. The first-order valence-electron chi connectivity index (χ1n) is 6.26. The number of nitrogens with zero attached hydrogens (tertiary/aromatic N) is 3. The van der Waals surface area contributed by atoms with Gasteiger partial charge in [0.25, 0.3) is 5.91 Å². The van der Waals surface area contributed by atoms with Crippen LogP contribution in [0.2, 0.25) is 0 Å². The molecular formula is C13H17N5O. The molecule has 100 valence electrons. The molecule has 0 fully saturated rings. The number of aryl methyl sites for hydroxylation is 1. The Balaban J connectivity index is 2.08. The molecule has 2 aromatic rings. The molecule has 2 N–H and O–H groups in total. The molecule has 2 rings (SSSR count). The van der Waals surface area contributed by atoms with Crippen LogP contribution in [0, 0.1) is 0 Å². The summed E-state index contributed by atoms with van der Waals surface area (Å²) in [6.07, 6.45) is 5.04. The van der Waals surface area contributed by atoms with Crippen LogP contribution in [-0.4, -0.2) is 27.2 Å². The monoisotopic (exact) mass is 259 g/mol. The van der Waals surface area contributed by atoms with Crippen molar-refractivity contribution in [1.82, 2.24) is 14.8 Å². The van der Waals surface area contributed by atoms with Crippen molar-refractivity contribution in [3.8, 4) is 0 Å². The van der Waals surface area contributed by atoms with E-state index < -0.39 is 0 Å². The van der Waals surface area contributed by atoms with Crippen LogP contribution < -0.4 is 10.6 Å². The lowest BCUT2D eigenvalue weighted by Crippen LogP contribution is -2.12. The average molecular weight is 259 g/mol. The molecule has 0 aliphatic rings. The van der Waals surface area contributed by atoms with Gasteiger partial charge in [-0.2, -0.15) is 5.10 Å². The molecule has 2 heterocycles. The van der Waals surface area contributed by atoms with Crippen molar-refractivity contribution in [2.45, 2.75) is 20.4 Å². The van der Waals surface area contributed by atoms with Crippen molar-refractivity contribution in [1.29, 1.82) is 0 Å². The van der Waals surface area contributed by atoms with Gasteiger partial charge in [0.05, 0.1) is 11.9 Å². The van der Waals surface area contributed by atoms with Crippen LogP contribution in [0.4, 0.5) is 11.5 Å². The Morgan fingerprint density at radius 3 is 2.95 bits per heavy atom. The molecule has 0 atom stereocenters. The number of aromatic nitrogens is 3. The smallest absolute Gasteiger partial charge is 0.255 e. The molecule has 0 unspecified atom stereocenters. The van der Waals surface area contributed by atoms with E-state index in [4.69, 9.17) is 0 Å². The van der Waals surface area contributed by atoms with Gasteiger partial charge in [-0.15, -0.1) is 0 Å². The first kappa shape index (κ1) is 13.1. The van der Waals surface area contributed by atoms with Crippen molar-refractivity contribution in [2.75, 3.05) is 17.2 Å². The normalized spacial score (nSPS) is 10.2. The standard InChI is InChI=1S/C13H17N5O/c1-3-14-12-7-10(5-6-15-12)13(19)17-11-8-16-18(4-2)9-11/h5-9H,3-4H2,1-2H3,(H,14,15)(H,17,19). The summed E-state index contributed by atoms with van der Waals surface area (Å²) in [6.45, 7) is 5.51. The lowest BCUT2D eigenvalue weighted by molar-refractivity contribution is 0.102. The second kappa shape index (κ2) is 5.99. The van der Waals surface area contributed by atoms with E-state index in [1.165, 1.54) is 0 Å². The zero-order chi connectivity index (χ0) is 13.7. The third kappa shape index (κ3) is 3.31. The number of carbonyl (C=O) groups excluding carboxylic acids is 1. The largest absolute Gasteiger partial charge is 0.370 e. The van der Waals surface area contributed by atoms with Gasteiger partial charge in [-0.1, -0.05) is 0 Å². The van der Waals surface area contributed by atoms with Crippen molar-refractivity contribution < 1.29 is 4.79 Å². The lowest BCUT2D eigenvalue weighted by Gasteiger charge is -2.05. The van der Waals surface area contributed by atoms with Crippen molar-refractivity contribution in [2.24, 2.45) is 0 Å². The summed E-state index contributed by atoms with van der Waals surface area (Å²) in [5.41, 5.74) is 1.25. The Morgan fingerprint density at radius 2 is 2.26 bits per heavy atom. The van der Waals surface area contributed by atoms with Crippen LogP contribution in [0.15, 0.2) is 30.7 Å². The number of anilines is 2. The molecule has 0 aliphatic carbocycles. The summed E-state index contributed by atoms with van der Waals surface area (Å²) < 4.78 is 1.76. The zero-order valence-electron chi connectivity index (χ0n) is 11.1. The highest BCUT2D eigenvalue weighted by Gasteiger charge is 2.08. The summed E-state index contributed by atoms with van der Waals surface area (Å²) in [4.78, 5) is 16.2. The van der Waals surface area contributed by atoms with Crippen molar-refractivity contribution in [3.63, 3.8) is 0 Å². The molecule has 0 saturated carbocycles. The van der Waals surface area contributed by atoms with Crippen molar-refractivity contribution in [3.05, 3.63) is 36.3 Å². The highest BCUT2D eigenvalue weighted by molar-refractivity contribution is 6.04. The van der Waals surface area contributed by atoms with Gasteiger partial charge in [0, 0.05) is 31.0 Å². The number of rotatable bonds is 5. The van der Waals surface area contributed by atoms with E-state index in [0.717, 1.165) is 13.1 Å². The van der Waals surface area contributed by atoms with Crippen LogP contribution in [0.1, 0.15) is 24.2 Å². The quantitative estimate of drug-likeness (QED) is 0.861. The van der Waals surface area contributed by atoms with Gasteiger partial charge in [-0.3, -0.25) is 9.48 Å². The maximum Gasteiger partial charge on any atom is 0.255 e. The van der Waals surface area contributed by atoms with Crippen LogP contribution >= 0.6 is 0 Å². The van der Waals surface area contributed by atoms with E-state index in [2.05, 4.69) is 20.7 Å². The van der Waals surface area contributed by atoms with Gasteiger partial charge < -0.3 is 10.6 Å². The van der Waals surface area contributed by atoms with E-state index in [1.54, 1.807) is 35.4 Å². The maximum atomic E-state index is 12.1. The molecule has 1 amide bonds. The molecule has 0 aliphatic heterocycles. The Hall–Kier alpha value is -2.37. The van der Waals surface area contributed by atoms with Gasteiger partial charge >= 0.3 is 0 Å². The van der Waals surface area contributed by atoms with Gasteiger partial charge in [0.15, 0.2) is 0 Å². The first-order valence-corrected chi connectivity index (χ1v) is 6.26. The third-order valence-corrected chi connectivity index (χ3v) is 2.60. The fourth-order valence-electron chi connectivity index (χ4n) is 1.65. The minimum absolute atomic E-state index is 0.169. The molecule has 19 heavy (non-hydrogen) atoms. The SMILES string of the molecule is CCNc1cc(C(=O)Nc2cnn(CC)c2)ccn1. The zero-order valence-corrected chi connectivity index (χ0v) is 11.1. The van der Waals surface area contributed by atoms with Crippen LogP contribution in [-0.2, 0) is 6.54 Å². The van der Waals surface area contributed by atoms with E-state index in [9.17, 15) is 4.79 Å². The number of carbonyl (C=O) groups is 1. The van der Waals surface area contributed by atoms with E-state index in [1.807, 2.05) is 13.8 Å². The summed E-state index contributed by atoms with van der Waals surface area (Å²) in [5.74, 6) is 0.525. The predicted molar refractivity (Wildman–Crippen MR) is 74.3 cm³/mol. The molecule has 6 heteroatoms. The Kier molecular flexibility index (Phi) is 4.12. The molecule has 0 spiro atoms. The lowest BCUT2D eigenvalue weighted by atomic mass is 10.2. The van der Waals surface area contributed by atoms with Crippen LogP contribution in [0.5, 0.6) is 0 Å². The Bertz CT molecular complexity index is 564. The van der Waals surface area contributed by atoms with Gasteiger partial charge in [0.2, 0.25) is 0 Å². The summed E-state index contributed by atoms with van der Waals surface area (Å²) in [5, 5.41) is 9.98. The van der Waals surface area contributed by atoms with Crippen LogP contribution in [0.25, 0.3) is 0 Å². The fraction of sp³-hybridized carbons (Fsp3) is 0.308. The second-order valence-electron chi connectivity index (χ2n) is 4.00. The molecule has 0 saturated heterocycles. The highest BCUT2D eigenvalue weighted by Crippen LogP contribution is 2.10. The highest BCUT2D eigenvalue weighted by atomic mass is 16.1. The molecule has 0 bridgehead atoms. The van der Waals surface area contributed by atoms with E-state index >= 15 is 0 Å². The van der Waals surface area contributed by atoms with E-state index in [0.29, 0.717) is 17.1 Å². The number of hydrogen-bond acceptors (Lipinski definition) is 4.